The van der Waals surface area contributed by atoms with E-state index in [0.29, 0.717) is 12.0 Å². The molecular weight excluding hydrogens is 240 g/mol. The Morgan fingerprint density at radius 3 is 2.50 bits per heavy atom. The minimum Gasteiger partial charge on any atom is -0.314 e. The smallest absolute Gasteiger partial charge is 0.0931 e. The Bertz CT molecular complexity index is 352. The molecule has 0 fully saturated rings. The number of aromatic nitrogens is 1. The SMILES string of the molecule is CCCNC(C)C(C)Cc1nc(C(C)(C)C)cs1. The van der Waals surface area contributed by atoms with Gasteiger partial charge in [-0.3, -0.25) is 0 Å². The van der Waals surface area contributed by atoms with Crippen LogP contribution in [0.4, 0.5) is 0 Å². The van der Waals surface area contributed by atoms with Crippen LogP contribution in [0.5, 0.6) is 0 Å². The molecule has 0 spiro atoms. The molecule has 0 amide bonds. The van der Waals surface area contributed by atoms with Gasteiger partial charge in [0, 0.05) is 23.3 Å². The molecule has 1 aromatic heterocycles. The Morgan fingerprint density at radius 2 is 2.00 bits per heavy atom. The lowest BCUT2D eigenvalue weighted by Gasteiger charge is -2.20. The number of hydrogen-bond donors (Lipinski definition) is 1. The molecule has 0 saturated heterocycles. The van der Waals surface area contributed by atoms with Crippen LogP contribution < -0.4 is 5.32 Å². The quantitative estimate of drug-likeness (QED) is 0.843. The summed E-state index contributed by atoms with van der Waals surface area (Å²) in [6, 6.07) is 0.562. The number of hydrogen-bond acceptors (Lipinski definition) is 3. The summed E-state index contributed by atoms with van der Waals surface area (Å²) in [4.78, 5) is 4.77. The van der Waals surface area contributed by atoms with Crippen molar-refractivity contribution in [3.05, 3.63) is 16.1 Å². The molecule has 0 saturated carbocycles. The van der Waals surface area contributed by atoms with E-state index in [1.807, 2.05) is 11.3 Å². The molecule has 0 aliphatic rings. The van der Waals surface area contributed by atoms with E-state index in [4.69, 9.17) is 4.98 Å². The van der Waals surface area contributed by atoms with Crippen molar-refractivity contribution < 1.29 is 0 Å². The molecule has 0 radical (unpaired) electrons. The van der Waals surface area contributed by atoms with E-state index in [0.717, 1.165) is 13.0 Å². The Hall–Kier alpha value is -0.410. The van der Waals surface area contributed by atoms with Gasteiger partial charge in [-0.05, 0) is 25.8 Å². The predicted molar refractivity (Wildman–Crippen MR) is 81.4 cm³/mol. The van der Waals surface area contributed by atoms with Gasteiger partial charge in [0.1, 0.15) is 0 Å². The van der Waals surface area contributed by atoms with E-state index in [9.17, 15) is 0 Å². The Kier molecular flexibility index (Phi) is 5.80. The first kappa shape index (κ1) is 15.6. The Morgan fingerprint density at radius 1 is 1.33 bits per heavy atom. The lowest BCUT2D eigenvalue weighted by molar-refractivity contribution is 0.398. The summed E-state index contributed by atoms with van der Waals surface area (Å²) >= 11 is 1.81. The summed E-state index contributed by atoms with van der Waals surface area (Å²) in [5.41, 5.74) is 1.40. The third-order valence-electron chi connectivity index (χ3n) is 3.39. The van der Waals surface area contributed by atoms with E-state index in [1.165, 1.54) is 17.1 Å². The van der Waals surface area contributed by atoms with Crippen LogP contribution in [-0.4, -0.2) is 17.6 Å². The van der Waals surface area contributed by atoms with Crippen LogP contribution in [0, 0.1) is 5.92 Å². The second-order valence-electron chi connectivity index (χ2n) is 6.30. The van der Waals surface area contributed by atoms with Gasteiger partial charge in [-0.15, -0.1) is 11.3 Å². The van der Waals surface area contributed by atoms with Crippen molar-refractivity contribution in [3.8, 4) is 0 Å². The van der Waals surface area contributed by atoms with Crippen LogP contribution in [0.2, 0.25) is 0 Å². The number of nitrogens with one attached hydrogen (secondary N) is 1. The van der Waals surface area contributed by atoms with Gasteiger partial charge in [-0.1, -0.05) is 34.6 Å². The second-order valence-corrected chi connectivity index (χ2v) is 7.24. The highest BCUT2D eigenvalue weighted by Crippen LogP contribution is 2.25. The molecule has 1 N–H and O–H groups in total. The van der Waals surface area contributed by atoms with Gasteiger partial charge in [0.2, 0.25) is 0 Å². The maximum atomic E-state index is 4.77. The largest absolute Gasteiger partial charge is 0.314 e. The van der Waals surface area contributed by atoms with Gasteiger partial charge < -0.3 is 5.32 Å². The van der Waals surface area contributed by atoms with Crippen molar-refractivity contribution >= 4 is 11.3 Å². The van der Waals surface area contributed by atoms with Crippen molar-refractivity contribution in [2.45, 2.75) is 65.8 Å². The lowest BCUT2D eigenvalue weighted by Crippen LogP contribution is -2.33. The van der Waals surface area contributed by atoms with Crippen LogP contribution >= 0.6 is 11.3 Å². The normalized spacial score (nSPS) is 15.7. The molecule has 0 bridgehead atoms. The van der Waals surface area contributed by atoms with Gasteiger partial charge in [0.25, 0.3) is 0 Å². The number of rotatable bonds is 6. The van der Waals surface area contributed by atoms with Crippen LogP contribution in [0.3, 0.4) is 0 Å². The molecular formula is C15H28N2S. The zero-order chi connectivity index (χ0) is 13.8. The Balaban J connectivity index is 2.54. The van der Waals surface area contributed by atoms with Crippen molar-refractivity contribution in [2.24, 2.45) is 5.92 Å². The highest BCUT2D eigenvalue weighted by molar-refractivity contribution is 7.09. The monoisotopic (exact) mass is 268 g/mol. The van der Waals surface area contributed by atoms with Gasteiger partial charge in [0.05, 0.1) is 10.7 Å². The predicted octanol–water partition coefficient (Wildman–Crippen LogP) is 4.01. The first-order valence-electron chi connectivity index (χ1n) is 7.02. The molecule has 0 aliphatic heterocycles. The van der Waals surface area contributed by atoms with Crippen molar-refractivity contribution in [1.82, 2.24) is 10.3 Å². The number of nitrogens with zero attached hydrogens (tertiary/aromatic N) is 1. The number of thiazole rings is 1. The molecule has 104 valence electrons. The topological polar surface area (TPSA) is 24.9 Å². The van der Waals surface area contributed by atoms with E-state index in [2.05, 4.69) is 52.2 Å². The summed E-state index contributed by atoms with van der Waals surface area (Å²) in [5.74, 6) is 0.635. The molecule has 3 heteroatoms. The van der Waals surface area contributed by atoms with E-state index in [-0.39, 0.29) is 5.41 Å². The van der Waals surface area contributed by atoms with Gasteiger partial charge in [-0.25, -0.2) is 4.98 Å². The summed E-state index contributed by atoms with van der Waals surface area (Å²) in [6.45, 7) is 14.6. The van der Waals surface area contributed by atoms with Crippen molar-refractivity contribution in [3.63, 3.8) is 0 Å². The maximum absolute atomic E-state index is 4.77. The van der Waals surface area contributed by atoms with Crippen molar-refractivity contribution in [2.75, 3.05) is 6.54 Å². The van der Waals surface area contributed by atoms with Crippen LogP contribution in [-0.2, 0) is 11.8 Å². The average molecular weight is 268 g/mol. The first-order chi connectivity index (χ1) is 8.34. The van der Waals surface area contributed by atoms with Crippen LogP contribution in [0.1, 0.15) is 58.7 Å². The molecule has 0 aromatic carbocycles. The van der Waals surface area contributed by atoms with Gasteiger partial charge in [0.15, 0.2) is 0 Å². The maximum Gasteiger partial charge on any atom is 0.0931 e. The highest BCUT2D eigenvalue weighted by atomic mass is 32.1. The van der Waals surface area contributed by atoms with E-state index < -0.39 is 0 Å². The third-order valence-corrected chi connectivity index (χ3v) is 4.26. The standard InChI is InChI=1S/C15H28N2S/c1-7-8-16-12(3)11(2)9-14-17-13(10-18-14)15(4,5)6/h10-12,16H,7-9H2,1-6H3. The fraction of sp³-hybridized carbons (Fsp3) is 0.800. The summed E-state index contributed by atoms with van der Waals surface area (Å²) < 4.78 is 0. The highest BCUT2D eigenvalue weighted by Gasteiger charge is 2.19. The van der Waals surface area contributed by atoms with Crippen LogP contribution in [0.25, 0.3) is 0 Å². The zero-order valence-electron chi connectivity index (χ0n) is 12.7. The van der Waals surface area contributed by atoms with Gasteiger partial charge in [-0.2, -0.15) is 0 Å². The second kappa shape index (κ2) is 6.67. The van der Waals surface area contributed by atoms with E-state index in [1.54, 1.807) is 0 Å². The summed E-state index contributed by atoms with van der Waals surface area (Å²) in [6.07, 6.45) is 2.28. The fourth-order valence-corrected chi connectivity index (χ4v) is 2.94. The molecule has 1 aromatic rings. The average Bonchev–Trinajstić information content (AvgIpc) is 2.73. The van der Waals surface area contributed by atoms with Crippen LogP contribution in [0.15, 0.2) is 5.38 Å². The molecule has 1 rings (SSSR count). The minimum absolute atomic E-state index is 0.171. The molecule has 2 atom stereocenters. The molecule has 2 unspecified atom stereocenters. The van der Waals surface area contributed by atoms with E-state index >= 15 is 0 Å². The lowest BCUT2D eigenvalue weighted by atomic mass is 9.93. The zero-order valence-corrected chi connectivity index (χ0v) is 13.5. The van der Waals surface area contributed by atoms with Crippen molar-refractivity contribution in [1.29, 1.82) is 0 Å². The Labute approximate surface area is 116 Å². The third kappa shape index (κ3) is 4.69. The molecule has 1 heterocycles. The fourth-order valence-electron chi connectivity index (χ4n) is 1.77. The molecule has 18 heavy (non-hydrogen) atoms. The summed E-state index contributed by atoms with van der Waals surface area (Å²) in [7, 11) is 0. The summed E-state index contributed by atoms with van der Waals surface area (Å²) in [5, 5.41) is 7.06. The van der Waals surface area contributed by atoms with Gasteiger partial charge >= 0.3 is 0 Å². The minimum atomic E-state index is 0.171. The first-order valence-corrected chi connectivity index (χ1v) is 7.90. The molecule has 0 aliphatic carbocycles. The molecule has 2 nitrogen and oxygen atoms in total.